The minimum atomic E-state index is -1.82. The summed E-state index contributed by atoms with van der Waals surface area (Å²) in [5.74, 6) is 0. The molecule has 0 radical (unpaired) electrons. The van der Waals surface area contributed by atoms with Crippen LogP contribution in [0.25, 0.3) is 0 Å². The Morgan fingerprint density at radius 1 is 0.400 bits per heavy atom. The van der Waals surface area contributed by atoms with Crippen molar-refractivity contribution >= 4 is 0 Å². The van der Waals surface area contributed by atoms with Crippen molar-refractivity contribution in [2.24, 2.45) is 0 Å². The molecule has 0 saturated heterocycles. The van der Waals surface area contributed by atoms with Crippen LogP contribution in [0, 0.1) is 120 Å². The van der Waals surface area contributed by atoms with Crippen molar-refractivity contribution in [1.29, 1.82) is 0 Å². The molecule has 20 N–H and O–H groups in total. The molecule has 164 valence electrons. The Hall–Kier alpha value is 2.67. The van der Waals surface area contributed by atoms with E-state index in [1.807, 2.05) is 0 Å². The number of hydrogen-bond acceptors (Lipinski definition) is 6. The van der Waals surface area contributed by atoms with Gasteiger partial charge in [-0.15, -0.1) is 0 Å². The van der Waals surface area contributed by atoms with Gasteiger partial charge in [0.2, 0.25) is 0 Å². The third-order valence-electron chi connectivity index (χ3n) is 1.89. The van der Waals surface area contributed by atoms with Gasteiger partial charge in [0.15, 0.2) is 18.9 Å². The van der Waals surface area contributed by atoms with Crippen molar-refractivity contribution in [3.8, 4) is 0 Å². The number of aliphatic hydroxyl groups is 6. The second-order valence-corrected chi connectivity index (χ2v) is 3.05. The number of rotatable bonds is 3. The first-order valence-corrected chi connectivity index (χ1v) is 4.15. The van der Waals surface area contributed by atoms with Gasteiger partial charge < -0.3 is 69.0 Å². The molecule has 13 nitrogen and oxygen atoms in total. The van der Waals surface area contributed by atoms with E-state index in [1.165, 1.54) is 0 Å². The zero-order chi connectivity index (χ0) is 11.6. The molecule has 1 aromatic rings. The molecule has 25 heavy (non-hydrogen) atoms. The van der Waals surface area contributed by atoms with Gasteiger partial charge in [-0.1, -0.05) is 0 Å². The molecule has 0 atom stereocenters. The first-order chi connectivity index (χ1) is 6.91. The Morgan fingerprint density at radius 3 is 0.600 bits per heavy atom. The average molecular weight is 814 g/mol. The Morgan fingerprint density at radius 2 is 0.520 bits per heavy atom. The predicted octanol–water partition coefficient (Wildman–Crippen LogP) is -7.14. The summed E-state index contributed by atoms with van der Waals surface area (Å²) in [5.41, 5.74) is -0.156. The zero-order valence-electron chi connectivity index (χ0n) is 12.2. The summed E-state index contributed by atoms with van der Waals surface area (Å²) in [5, 5.41) is 53.2. The number of benzene rings is 1. The first-order valence-electron chi connectivity index (χ1n) is 4.15. The Bertz CT molecular complexity index is 289. The maximum Gasteiger partial charge on any atom is 0.178 e. The molecule has 0 unspecified atom stereocenters. The first kappa shape index (κ1) is 63.0. The minimum Gasteiger partial charge on any atom is -0.412 e. The fraction of sp³-hybridized carbons (Fsp3) is 0.333. The quantitative estimate of drug-likeness (QED) is 0.161. The van der Waals surface area contributed by atoms with E-state index < -0.39 is 18.9 Å². The third kappa shape index (κ3) is 22.8. The van der Waals surface area contributed by atoms with Gasteiger partial charge >= 0.3 is 0 Å². The fourth-order valence-corrected chi connectivity index (χ4v) is 1.15. The van der Waals surface area contributed by atoms with Crippen molar-refractivity contribution in [3.05, 3.63) is 34.9 Å². The Labute approximate surface area is 238 Å². The van der Waals surface area contributed by atoms with Crippen molar-refractivity contribution in [1.82, 2.24) is 0 Å². The van der Waals surface area contributed by atoms with Gasteiger partial charge in [0, 0.05) is 137 Å². The second kappa shape index (κ2) is 31.4. The van der Waals surface area contributed by atoms with E-state index in [2.05, 4.69) is 0 Å². The number of hydrogen-bond donors (Lipinski definition) is 6. The van der Waals surface area contributed by atoms with Crippen LogP contribution in [0.1, 0.15) is 35.6 Å². The molecular weight excluding hydrogens is 788 g/mol. The van der Waals surface area contributed by atoms with Crippen LogP contribution in [0.4, 0.5) is 0 Å². The topological polar surface area (TPSA) is 342 Å². The Balaban J connectivity index is -0.0000000281. The molecule has 0 aromatic heterocycles. The van der Waals surface area contributed by atoms with E-state index >= 15 is 0 Å². The van der Waals surface area contributed by atoms with Gasteiger partial charge in [-0.3, -0.25) is 0 Å². The molecule has 16 heteroatoms. The van der Waals surface area contributed by atoms with Crippen molar-refractivity contribution in [3.63, 3.8) is 0 Å². The Kier molecular flexibility index (Phi) is 79.1. The largest absolute Gasteiger partial charge is 0.412 e. The van der Waals surface area contributed by atoms with Crippen LogP contribution in [-0.4, -0.2) is 69.0 Å². The van der Waals surface area contributed by atoms with Crippen LogP contribution in [-0.2, 0) is 0 Å². The normalized spacial score (nSPS) is 7.08. The third-order valence-corrected chi connectivity index (χ3v) is 1.89. The van der Waals surface area contributed by atoms with Crippen LogP contribution in [0.5, 0.6) is 0 Å². The summed E-state index contributed by atoms with van der Waals surface area (Å²) in [6, 6.07) is 3.42. The van der Waals surface area contributed by atoms with Gasteiger partial charge in [-0.05, 0) is 18.2 Å². The monoisotopic (exact) mass is 816 g/mol. The summed E-state index contributed by atoms with van der Waals surface area (Å²) >= 11 is 0. The predicted molar refractivity (Wildman–Crippen MR) is 73.3 cm³/mol. The van der Waals surface area contributed by atoms with Gasteiger partial charge in [0.1, 0.15) is 0 Å². The molecule has 1 aromatic carbocycles. The molecule has 0 spiro atoms. The standard InChI is InChI=1S/C9H12O6.3Gd.7H2O/c10-7(11)4-1-5(8(12)13)3-6(2-4)9(14)15;;;;;;;;;;/h1-3,7-15H;;;;7*1H2. The maximum absolute atomic E-state index is 8.87. The number of aliphatic hydroxyl groups excluding tert-OH is 3. The molecule has 0 aliphatic rings. The van der Waals surface area contributed by atoms with Gasteiger partial charge in [-0.2, -0.15) is 0 Å². The summed E-state index contributed by atoms with van der Waals surface area (Å²) < 4.78 is 0. The fourth-order valence-electron chi connectivity index (χ4n) is 1.15. The van der Waals surface area contributed by atoms with E-state index in [9.17, 15) is 0 Å². The van der Waals surface area contributed by atoms with Gasteiger partial charge in [-0.25, -0.2) is 0 Å². The van der Waals surface area contributed by atoms with Crippen LogP contribution >= 0.6 is 0 Å². The van der Waals surface area contributed by atoms with Gasteiger partial charge in [0.25, 0.3) is 0 Å². The summed E-state index contributed by atoms with van der Waals surface area (Å²) in [4.78, 5) is 0. The summed E-state index contributed by atoms with van der Waals surface area (Å²) in [7, 11) is 0. The molecule has 0 heterocycles. The second-order valence-electron chi connectivity index (χ2n) is 3.05. The van der Waals surface area contributed by atoms with E-state index in [0.29, 0.717) is 0 Å². The molecule has 0 aliphatic carbocycles. The molecule has 1 rings (SSSR count). The van der Waals surface area contributed by atoms with E-state index in [-0.39, 0.29) is 175 Å². The molecule has 0 amide bonds. The zero-order valence-corrected chi connectivity index (χ0v) is 19.0. The minimum absolute atomic E-state index is 0. The SMILES string of the molecule is O.O.O.O.O.O.O.OC(O)c1cc(C(O)O)cc(C(O)O)c1.[Gd].[Gd].[Gd]. The summed E-state index contributed by atoms with van der Waals surface area (Å²) in [6.07, 6.45) is -5.46. The van der Waals surface area contributed by atoms with Crippen LogP contribution in [0.2, 0.25) is 0 Å². The summed E-state index contributed by atoms with van der Waals surface area (Å²) in [6.45, 7) is 0. The smallest absolute Gasteiger partial charge is 0.178 e. The van der Waals surface area contributed by atoms with Crippen molar-refractivity contribution in [2.75, 3.05) is 0 Å². The molecule has 0 saturated carbocycles. The van der Waals surface area contributed by atoms with E-state index in [4.69, 9.17) is 30.6 Å². The van der Waals surface area contributed by atoms with E-state index in [0.717, 1.165) is 18.2 Å². The van der Waals surface area contributed by atoms with Crippen LogP contribution in [0.3, 0.4) is 0 Å². The molecular formula is C9H26Gd3O13. The molecule has 0 fully saturated rings. The van der Waals surface area contributed by atoms with Gasteiger partial charge in [0.05, 0.1) is 0 Å². The average Bonchev–Trinajstić information content (AvgIpc) is 2.16. The van der Waals surface area contributed by atoms with Crippen molar-refractivity contribution in [2.45, 2.75) is 18.9 Å². The van der Waals surface area contributed by atoms with Crippen LogP contribution < -0.4 is 0 Å². The maximum atomic E-state index is 8.87. The van der Waals surface area contributed by atoms with Crippen LogP contribution in [0.15, 0.2) is 18.2 Å². The molecule has 0 bridgehead atoms. The van der Waals surface area contributed by atoms with Crippen molar-refractivity contribution < 1.29 is 189 Å². The van der Waals surface area contributed by atoms with E-state index in [1.54, 1.807) is 0 Å². The molecule has 0 aliphatic heterocycles.